The van der Waals surface area contributed by atoms with Crippen LogP contribution in [0.1, 0.15) is 63.6 Å². The van der Waals surface area contributed by atoms with Crippen LogP contribution in [0.3, 0.4) is 0 Å². The first-order valence-corrected chi connectivity index (χ1v) is 9.94. The van der Waals surface area contributed by atoms with E-state index in [9.17, 15) is 13.2 Å². The smallest absolute Gasteiger partial charge is 0.384 e. The maximum Gasteiger partial charge on any atom is 0.430 e. The molecule has 6 heteroatoms. The van der Waals surface area contributed by atoms with Crippen molar-refractivity contribution in [3.8, 4) is 0 Å². The highest BCUT2D eigenvalue weighted by atomic mass is 32.1. The van der Waals surface area contributed by atoms with E-state index in [1.165, 1.54) is 24.5 Å². The molecule has 0 aliphatic heterocycles. The van der Waals surface area contributed by atoms with Crippen LogP contribution in [0.2, 0.25) is 0 Å². The number of hydrogen-bond donors (Lipinski definition) is 2. The fourth-order valence-corrected chi connectivity index (χ4v) is 3.30. The zero-order chi connectivity index (χ0) is 20.4. The number of rotatable bonds is 9. The van der Waals surface area contributed by atoms with Gasteiger partial charge in [-0.15, -0.1) is 11.3 Å². The molecule has 0 saturated heterocycles. The van der Waals surface area contributed by atoms with Crippen LogP contribution in [0, 0.1) is 0 Å². The SMILES string of the molecule is C=C(NCCCCC)c1ccc(C(C)(C)/C=C(\NC)C(F)(F)F)s1.CC. The van der Waals surface area contributed by atoms with Crippen LogP contribution >= 0.6 is 11.3 Å². The average Bonchev–Trinajstić information content (AvgIpc) is 3.08. The molecule has 0 radical (unpaired) electrons. The van der Waals surface area contributed by atoms with Gasteiger partial charge in [0.2, 0.25) is 0 Å². The first-order chi connectivity index (χ1) is 12.1. The van der Waals surface area contributed by atoms with Crippen LogP contribution in [0.15, 0.2) is 30.5 Å². The van der Waals surface area contributed by atoms with Crippen molar-refractivity contribution in [3.05, 3.63) is 40.2 Å². The zero-order valence-corrected chi connectivity index (χ0v) is 17.6. The van der Waals surface area contributed by atoms with E-state index in [4.69, 9.17) is 0 Å². The Labute approximate surface area is 160 Å². The van der Waals surface area contributed by atoms with Crippen LogP contribution in [0.25, 0.3) is 5.70 Å². The molecule has 1 aromatic heterocycles. The number of alkyl halides is 3. The molecule has 0 amide bonds. The number of thiophene rings is 1. The van der Waals surface area contributed by atoms with Crippen LogP contribution < -0.4 is 10.6 Å². The van der Waals surface area contributed by atoms with Gasteiger partial charge in [-0.3, -0.25) is 0 Å². The summed E-state index contributed by atoms with van der Waals surface area (Å²) in [6.45, 7) is 14.6. The summed E-state index contributed by atoms with van der Waals surface area (Å²) in [5.74, 6) is 0. The molecule has 0 saturated carbocycles. The standard InChI is InChI=1S/C18H27F3N2S.C2H6/c1-6-7-8-11-23-13(2)14-9-10-16(24-14)17(3,4)12-15(22-5)18(19,20)21;1-2/h9-10,12,22-23H,2,6-8,11H2,1,3-5H3;1-2H3/b15-12-;. The Bertz CT molecular complexity index is 572. The van der Waals surface area contributed by atoms with E-state index in [1.807, 2.05) is 26.0 Å². The summed E-state index contributed by atoms with van der Waals surface area (Å²) in [6, 6.07) is 3.79. The van der Waals surface area contributed by atoms with Gasteiger partial charge >= 0.3 is 6.18 Å². The van der Waals surface area contributed by atoms with Crippen molar-refractivity contribution in [1.29, 1.82) is 0 Å². The minimum absolute atomic E-state index is 0.723. The van der Waals surface area contributed by atoms with Gasteiger partial charge in [0.25, 0.3) is 0 Å². The van der Waals surface area contributed by atoms with Gasteiger partial charge in [0.05, 0.1) is 0 Å². The second-order valence-corrected chi connectivity index (χ2v) is 7.39. The summed E-state index contributed by atoms with van der Waals surface area (Å²) in [5.41, 5.74) is -0.620. The summed E-state index contributed by atoms with van der Waals surface area (Å²) >= 11 is 1.47. The number of halogens is 3. The number of hydrogen-bond acceptors (Lipinski definition) is 3. The van der Waals surface area contributed by atoms with Crippen molar-refractivity contribution < 1.29 is 13.2 Å². The lowest BCUT2D eigenvalue weighted by Crippen LogP contribution is -2.26. The number of unbranched alkanes of at least 4 members (excludes halogenated alkanes) is 2. The Kier molecular flexibility index (Phi) is 10.7. The minimum Gasteiger partial charge on any atom is -0.384 e. The maximum absolute atomic E-state index is 13.0. The lowest BCUT2D eigenvalue weighted by atomic mass is 9.90. The first kappa shape index (κ1) is 24.6. The molecule has 150 valence electrons. The number of allylic oxidation sites excluding steroid dienone is 2. The van der Waals surface area contributed by atoms with Gasteiger partial charge in [-0.2, -0.15) is 13.2 Å². The summed E-state index contributed by atoms with van der Waals surface area (Å²) in [6.07, 6.45) is 0.262. The molecule has 0 fully saturated rings. The molecule has 2 N–H and O–H groups in total. The predicted octanol–water partition coefficient (Wildman–Crippen LogP) is 6.47. The van der Waals surface area contributed by atoms with Gasteiger partial charge in [0.1, 0.15) is 5.70 Å². The second kappa shape index (κ2) is 11.3. The Hall–Kier alpha value is -1.43. The summed E-state index contributed by atoms with van der Waals surface area (Å²) < 4.78 is 38.9. The zero-order valence-electron chi connectivity index (χ0n) is 16.8. The third-order valence-corrected chi connectivity index (χ3v) is 5.22. The molecular weight excluding hydrogens is 357 g/mol. The van der Waals surface area contributed by atoms with Gasteiger partial charge in [0, 0.05) is 34.5 Å². The molecule has 0 atom stereocenters. The molecule has 0 unspecified atom stereocenters. The Morgan fingerprint density at radius 3 is 2.31 bits per heavy atom. The molecule has 26 heavy (non-hydrogen) atoms. The van der Waals surface area contributed by atoms with Crippen molar-refractivity contribution in [3.63, 3.8) is 0 Å². The van der Waals surface area contributed by atoms with E-state index in [0.29, 0.717) is 0 Å². The fourth-order valence-electron chi connectivity index (χ4n) is 2.28. The normalized spacial score (nSPS) is 12.3. The highest BCUT2D eigenvalue weighted by molar-refractivity contribution is 7.13. The van der Waals surface area contributed by atoms with Gasteiger partial charge in [-0.1, -0.05) is 54.0 Å². The highest BCUT2D eigenvalue weighted by Crippen LogP contribution is 2.36. The summed E-state index contributed by atoms with van der Waals surface area (Å²) in [7, 11) is 1.29. The van der Waals surface area contributed by atoms with Gasteiger partial charge < -0.3 is 10.6 Å². The highest BCUT2D eigenvalue weighted by Gasteiger charge is 2.35. The predicted molar refractivity (Wildman–Crippen MR) is 108 cm³/mol. The van der Waals surface area contributed by atoms with Gasteiger partial charge in [-0.05, 0) is 24.6 Å². The van der Waals surface area contributed by atoms with Crippen LogP contribution in [-0.4, -0.2) is 19.8 Å². The topological polar surface area (TPSA) is 24.1 Å². The third kappa shape index (κ3) is 7.85. The molecule has 0 aliphatic rings. The van der Waals surface area contributed by atoms with E-state index >= 15 is 0 Å². The Morgan fingerprint density at radius 2 is 1.81 bits per heavy atom. The first-order valence-electron chi connectivity index (χ1n) is 9.13. The van der Waals surface area contributed by atoms with Crippen molar-refractivity contribution >= 4 is 17.0 Å². The van der Waals surface area contributed by atoms with Crippen LogP contribution in [0.5, 0.6) is 0 Å². The van der Waals surface area contributed by atoms with Crippen molar-refractivity contribution in [2.75, 3.05) is 13.6 Å². The Balaban J connectivity index is 0.00000301. The van der Waals surface area contributed by atoms with Crippen LogP contribution in [0.4, 0.5) is 13.2 Å². The fraction of sp³-hybridized carbons (Fsp3) is 0.600. The molecule has 2 nitrogen and oxygen atoms in total. The van der Waals surface area contributed by atoms with Gasteiger partial charge in [0.15, 0.2) is 0 Å². The van der Waals surface area contributed by atoms with E-state index in [0.717, 1.165) is 41.3 Å². The lowest BCUT2D eigenvalue weighted by Gasteiger charge is -2.22. The van der Waals surface area contributed by atoms with Crippen molar-refractivity contribution in [2.24, 2.45) is 0 Å². The quantitative estimate of drug-likeness (QED) is 0.472. The van der Waals surface area contributed by atoms with Crippen LogP contribution in [-0.2, 0) is 5.41 Å². The molecular formula is C20H33F3N2S. The average molecular weight is 391 g/mol. The molecule has 1 heterocycles. The molecule has 0 bridgehead atoms. The lowest BCUT2D eigenvalue weighted by molar-refractivity contribution is -0.0966. The molecule has 0 aromatic carbocycles. The number of nitrogens with one attached hydrogen (secondary N) is 2. The van der Waals surface area contributed by atoms with Gasteiger partial charge in [-0.25, -0.2) is 0 Å². The minimum atomic E-state index is -4.38. The molecule has 1 aromatic rings. The molecule has 0 aliphatic carbocycles. The van der Waals surface area contributed by atoms with Crippen molar-refractivity contribution in [2.45, 2.75) is 65.5 Å². The Morgan fingerprint density at radius 1 is 1.19 bits per heavy atom. The maximum atomic E-state index is 13.0. The molecule has 0 spiro atoms. The largest absolute Gasteiger partial charge is 0.430 e. The monoisotopic (exact) mass is 390 g/mol. The van der Waals surface area contributed by atoms with E-state index in [1.54, 1.807) is 13.8 Å². The summed E-state index contributed by atoms with van der Waals surface area (Å²) in [4.78, 5) is 1.83. The second-order valence-electron chi connectivity index (χ2n) is 6.30. The molecule has 1 rings (SSSR count). The summed E-state index contributed by atoms with van der Waals surface area (Å²) in [5, 5.41) is 5.53. The van der Waals surface area contributed by atoms with E-state index < -0.39 is 17.3 Å². The van der Waals surface area contributed by atoms with E-state index in [-0.39, 0.29) is 0 Å². The van der Waals surface area contributed by atoms with Crippen molar-refractivity contribution in [1.82, 2.24) is 10.6 Å². The van der Waals surface area contributed by atoms with E-state index in [2.05, 4.69) is 24.1 Å². The third-order valence-electron chi connectivity index (χ3n) is 3.74.